The Kier molecular flexibility index (Phi) is 6.64. The molecule has 0 bridgehead atoms. The van der Waals surface area contributed by atoms with E-state index in [2.05, 4.69) is 59.2 Å². The molecule has 24 heavy (non-hydrogen) atoms. The van der Waals surface area contributed by atoms with E-state index in [1.807, 2.05) is 14.1 Å². The van der Waals surface area contributed by atoms with Gasteiger partial charge in [-0.25, -0.2) is 0 Å². The lowest BCUT2D eigenvalue weighted by atomic mass is 9.91. The molecule has 0 atom stereocenters. The van der Waals surface area contributed by atoms with E-state index in [1.54, 1.807) is 0 Å². The minimum absolute atomic E-state index is 0.321. The molecule has 0 heterocycles. The van der Waals surface area contributed by atoms with Crippen LogP contribution in [0.3, 0.4) is 0 Å². The Morgan fingerprint density at radius 3 is 1.54 bits per heavy atom. The predicted molar refractivity (Wildman–Crippen MR) is 105 cm³/mol. The SMILES string of the molecule is CNc1cccc(-c2cccc(NC)c2)c1.NC1(N)CCCCC1. The first kappa shape index (κ1) is 18.3. The largest absolute Gasteiger partial charge is 0.388 e. The van der Waals surface area contributed by atoms with Gasteiger partial charge in [-0.05, 0) is 48.2 Å². The van der Waals surface area contributed by atoms with Gasteiger partial charge in [-0.2, -0.15) is 0 Å². The Balaban J connectivity index is 0.000000219. The average Bonchev–Trinajstić information content (AvgIpc) is 2.62. The average molecular weight is 326 g/mol. The zero-order chi connectivity index (χ0) is 17.4. The molecular formula is C20H30N4. The molecule has 0 radical (unpaired) electrons. The zero-order valence-electron chi connectivity index (χ0n) is 14.8. The zero-order valence-corrected chi connectivity index (χ0v) is 14.8. The minimum Gasteiger partial charge on any atom is -0.388 e. The van der Waals surface area contributed by atoms with Crippen LogP contribution in [0.5, 0.6) is 0 Å². The molecule has 1 saturated carbocycles. The topological polar surface area (TPSA) is 76.1 Å². The summed E-state index contributed by atoms with van der Waals surface area (Å²) in [4.78, 5) is 0. The molecule has 4 heteroatoms. The number of hydrogen-bond donors (Lipinski definition) is 4. The molecule has 4 nitrogen and oxygen atoms in total. The van der Waals surface area contributed by atoms with Gasteiger partial charge in [0.05, 0.1) is 5.66 Å². The normalized spacial score (nSPS) is 15.8. The van der Waals surface area contributed by atoms with Crippen LogP contribution in [0.15, 0.2) is 48.5 Å². The van der Waals surface area contributed by atoms with Crippen molar-refractivity contribution >= 4 is 11.4 Å². The fourth-order valence-electron chi connectivity index (χ4n) is 2.92. The third kappa shape index (κ3) is 5.55. The maximum absolute atomic E-state index is 5.66. The summed E-state index contributed by atoms with van der Waals surface area (Å²) in [6.45, 7) is 0. The van der Waals surface area contributed by atoms with Crippen molar-refractivity contribution in [3.8, 4) is 11.1 Å². The summed E-state index contributed by atoms with van der Waals surface area (Å²) in [5.41, 5.74) is 15.7. The van der Waals surface area contributed by atoms with Gasteiger partial charge in [0.15, 0.2) is 0 Å². The molecule has 1 aliphatic carbocycles. The molecule has 0 aliphatic heterocycles. The van der Waals surface area contributed by atoms with Crippen LogP contribution >= 0.6 is 0 Å². The molecule has 1 aliphatic rings. The smallest absolute Gasteiger partial charge is 0.0636 e. The van der Waals surface area contributed by atoms with E-state index < -0.39 is 0 Å². The van der Waals surface area contributed by atoms with Gasteiger partial charge in [-0.1, -0.05) is 43.5 Å². The highest BCUT2D eigenvalue weighted by Crippen LogP contribution is 2.24. The Labute approximate surface area is 145 Å². The van der Waals surface area contributed by atoms with Crippen molar-refractivity contribution in [1.82, 2.24) is 0 Å². The first-order valence-corrected chi connectivity index (χ1v) is 8.68. The molecule has 2 aromatic rings. The number of nitrogens with two attached hydrogens (primary N) is 2. The van der Waals surface area contributed by atoms with E-state index in [1.165, 1.54) is 30.4 Å². The van der Waals surface area contributed by atoms with Crippen molar-refractivity contribution in [2.24, 2.45) is 11.5 Å². The second-order valence-electron chi connectivity index (χ2n) is 6.46. The molecule has 3 rings (SSSR count). The molecule has 0 spiro atoms. The summed E-state index contributed by atoms with van der Waals surface area (Å²) < 4.78 is 0. The number of rotatable bonds is 3. The van der Waals surface area contributed by atoms with Crippen LogP contribution in [0.4, 0.5) is 11.4 Å². The van der Waals surface area contributed by atoms with Crippen molar-refractivity contribution in [2.45, 2.75) is 37.8 Å². The van der Waals surface area contributed by atoms with Gasteiger partial charge < -0.3 is 22.1 Å². The highest BCUT2D eigenvalue weighted by atomic mass is 14.9. The van der Waals surface area contributed by atoms with Crippen LogP contribution in [0.25, 0.3) is 11.1 Å². The first-order chi connectivity index (χ1) is 11.5. The van der Waals surface area contributed by atoms with Crippen molar-refractivity contribution in [3.63, 3.8) is 0 Å². The minimum atomic E-state index is -0.321. The Morgan fingerprint density at radius 2 is 1.21 bits per heavy atom. The van der Waals surface area contributed by atoms with Gasteiger partial charge in [0.2, 0.25) is 0 Å². The van der Waals surface area contributed by atoms with Crippen LogP contribution in [-0.2, 0) is 0 Å². The van der Waals surface area contributed by atoms with Crippen LogP contribution in [0.1, 0.15) is 32.1 Å². The molecule has 6 N–H and O–H groups in total. The summed E-state index contributed by atoms with van der Waals surface area (Å²) in [5.74, 6) is 0. The molecule has 2 aromatic carbocycles. The van der Waals surface area contributed by atoms with E-state index in [9.17, 15) is 0 Å². The van der Waals surface area contributed by atoms with Crippen molar-refractivity contribution in [1.29, 1.82) is 0 Å². The summed E-state index contributed by atoms with van der Waals surface area (Å²) in [5, 5.41) is 6.30. The summed E-state index contributed by atoms with van der Waals surface area (Å²) in [7, 11) is 3.87. The van der Waals surface area contributed by atoms with Crippen LogP contribution in [0, 0.1) is 0 Å². The van der Waals surface area contributed by atoms with Crippen LogP contribution in [0.2, 0.25) is 0 Å². The van der Waals surface area contributed by atoms with Gasteiger partial charge in [0, 0.05) is 25.5 Å². The van der Waals surface area contributed by atoms with Crippen LogP contribution in [-0.4, -0.2) is 19.8 Å². The Morgan fingerprint density at radius 1 is 0.750 bits per heavy atom. The molecular weight excluding hydrogens is 296 g/mol. The Hall–Kier alpha value is -2.04. The lowest BCUT2D eigenvalue weighted by Crippen LogP contribution is -2.50. The van der Waals surface area contributed by atoms with Gasteiger partial charge >= 0.3 is 0 Å². The van der Waals surface area contributed by atoms with E-state index in [0.717, 1.165) is 24.2 Å². The third-order valence-corrected chi connectivity index (χ3v) is 4.42. The second kappa shape index (κ2) is 8.71. The summed E-state index contributed by atoms with van der Waals surface area (Å²) in [6.07, 6.45) is 5.76. The third-order valence-electron chi connectivity index (χ3n) is 4.42. The predicted octanol–water partition coefficient (Wildman–Crippen LogP) is 4.00. The van der Waals surface area contributed by atoms with E-state index in [-0.39, 0.29) is 5.66 Å². The molecule has 0 saturated heterocycles. The standard InChI is InChI=1S/C14H16N2.C6H14N2/c1-15-13-7-3-5-11(9-13)12-6-4-8-14(10-12)16-2;7-6(8)4-2-1-3-5-6/h3-10,15-16H,1-2H3;1-5,7-8H2. The van der Waals surface area contributed by atoms with E-state index in [0.29, 0.717) is 0 Å². The number of anilines is 2. The molecule has 0 aromatic heterocycles. The van der Waals surface area contributed by atoms with E-state index >= 15 is 0 Å². The number of nitrogens with one attached hydrogen (secondary N) is 2. The lowest BCUT2D eigenvalue weighted by Gasteiger charge is -2.28. The van der Waals surface area contributed by atoms with Gasteiger partial charge in [-0.15, -0.1) is 0 Å². The molecule has 0 unspecified atom stereocenters. The van der Waals surface area contributed by atoms with Crippen LogP contribution < -0.4 is 22.1 Å². The maximum Gasteiger partial charge on any atom is 0.0636 e. The Bertz CT molecular complexity index is 584. The monoisotopic (exact) mass is 326 g/mol. The van der Waals surface area contributed by atoms with Crippen molar-refractivity contribution in [2.75, 3.05) is 24.7 Å². The molecule has 1 fully saturated rings. The highest BCUT2D eigenvalue weighted by Gasteiger charge is 2.21. The highest BCUT2D eigenvalue weighted by molar-refractivity contribution is 5.71. The maximum atomic E-state index is 5.66. The quantitative estimate of drug-likeness (QED) is 0.643. The number of benzene rings is 2. The lowest BCUT2D eigenvalue weighted by molar-refractivity contribution is 0.306. The van der Waals surface area contributed by atoms with Gasteiger partial charge in [-0.3, -0.25) is 0 Å². The van der Waals surface area contributed by atoms with Crippen molar-refractivity contribution < 1.29 is 0 Å². The van der Waals surface area contributed by atoms with Gasteiger partial charge in [0.1, 0.15) is 0 Å². The van der Waals surface area contributed by atoms with E-state index in [4.69, 9.17) is 11.5 Å². The summed E-state index contributed by atoms with van der Waals surface area (Å²) in [6, 6.07) is 16.8. The van der Waals surface area contributed by atoms with Crippen molar-refractivity contribution in [3.05, 3.63) is 48.5 Å². The second-order valence-corrected chi connectivity index (χ2v) is 6.46. The molecule has 0 amide bonds. The number of hydrogen-bond acceptors (Lipinski definition) is 4. The molecule has 130 valence electrons. The van der Waals surface area contributed by atoms with Gasteiger partial charge in [0.25, 0.3) is 0 Å². The first-order valence-electron chi connectivity index (χ1n) is 8.68. The fourth-order valence-corrected chi connectivity index (χ4v) is 2.92. The fraction of sp³-hybridized carbons (Fsp3) is 0.400. The summed E-state index contributed by atoms with van der Waals surface area (Å²) >= 11 is 0.